The van der Waals surface area contributed by atoms with Gasteiger partial charge in [-0.3, -0.25) is 24.3 Å². The number of nitrogens with zero attached hydrogens (tertiary/aromatic N) is 1. The summed E-state index contributed by atoms with van der Waals surface area (Å²) in [5, 5.41) is 7.37. The van der Waals surface area contributed by atoms with E-state index < -0.39 is 54.6 Å². The Labute approximate surface area is 249 Å². The molecule has 0 amide bonds. The van der Waals surface area contributed by atoms with Crippen LogP contribution in [0.1, 0.15) is 64.3 Å². The number of carbonyl (C=O) groups is 4. The molecule has 1 unspecified atom stereocenters. The molecular weight excluding hydrogens is 566 g/mol. The van der Waals surface area contributed by atoms with E-state index in [0.717, 1.165) is 32.0 Å². The van der Waals surface area contributed by atoms with Gasteiger partial charge in [0.15, 0.2) is 12.2 Å². The molecule has 0 radical (unpaired) electrons. The minimum atomic E-state index is -1.41. The molecule has 0 saturated carbocycles. The van der Waals surface area contributed by atoms with Crippen molar-refractivity contribution in [2.45, 2.75) is 84.6 Å². The summed E-state index contributed by atoms with van der Waals surface area (Å²) in [5.41, 5.74) is 7.94. The maximum Gasteiger partial charge on any atom is 0.303 e. The Balaban J connectivity index is 2.00. The quantitative estimate of drug-likeness (QED) is 0.249. The highest BCUT2D eigenvalue weighted by atomic mass is 16.7. The predicted molar refractivity (Wildman–Crippen MR) is 149 cm³/mol. The molecule has 43 heavy (non-hydrogen) atoms. The first-order valence-electron chi connectivity index (χ1n) is 13.9. The van der Waals surface area contributed by atoms with Crippen molar-refractivity contribution in [3.63, 3.8) is 0 Å². The number of benzene rings is 1. The van der Waals surface area contributed by atoms with Crippen LogP contribution < -0.4 is 15.2 Å². The van der Waals surface area contributed by atoms with Crippen LogP contribution in [0.25, 0.3) is 0 Å². The van der Waals surface area contributed by atoms with Crippen LogP contribution in [0, 0.1) is 0 Å². The van der Waals surface area contributed by atoms with Crippen LogP contribution >= 0.6 is 0 Å². The van der Waals surface area contributed by atoms with E-state index >= 15 is 0 Å². The van der Waals surface area contributed by atoms with Crippen molar-refractivity contribution >= 4 is 23.9 Å². The average Bonchev–Trinajstić information content (AvgIpc) is 3.31. The van der Waals surface area contributed by atoms with Gasteiger partial charge in [-0.1, -0.05) is 26.0 Å². The lowest BCUT2D eigenvalue weighted by Gasteiger charge is -2.43. The van der Waals surface area contributed by atoms with E-state index in [1.807, 2.05) is 38.1 Å². The fourth-order valence-corrected chi connectivity index (χ4v) is 4.59. The number of aromatic nitrogens is 2. The van der Waals surface area contributed by atoms with E-state index in [1.54, 1.807) is 0 Å². The summed E-state index contributed by atoms with van der Waals surface area (Å²) in [5.74, 6) is -1.97. The smallest absolute Gasteiger partial charge is 0.303 e. The lowest BCUT2D eigenvalue weighted by molar-refractivity contribution is -0.289. The minimum Gasteiger partial charge on any atom is -0.492 e. The Kier molecular flexibility index (Phi) is 11.9. The second kappa shape index (κ2) is 15.3. The van der Waals surface area contributed by atoms with Gasteiger partial charge in [0.1, 0.15) is 25.1 Å². The van der Waals surface area contributed by atoms with E-state index in [0.29, 0.717) is 30.9 Å². The molecule has 5 atom stereocenters. The van der Waals surface area contributed by atoms with Gasteiger partial charge in [-0.15, -0.1) is 5.10 Å². The number of esters is 4. The van der Waals surface area contributed by atoms with Gasteiger partial charge < -0.3 is 38.9 Å². The number of nitrogens with two attached hydrogens (primary N) is 1. The first-order valence-corrected chi connectivity index (χ1v) is 13.9. The van der Waals surface area contributed by atoms with Gasteiger partial charge in [-0.2, -0.15) is 0 Å². The standard InChI is InChI=1S/C29H39N3O11/c1-15(2)24-22(13-20-7-9-21(10-8-20)37-12-11-30)28(32-31-24)43-29-27(41-19(6)36)26(40-18(5)35)25(39-17(4)34)23(42-29)14-38-16(3)33/h7-10,15,23,25-27,29H,11-14,30H2,1-6H3,(H,31,32)/t23-,25-,26+,27-,29?/m1/s1. The first kappa shape index (κ1) is 33.3. The monoisotopic (exact) mass is 605 g/mol. The van der Waals surface area contributed by atoms with Gasteiger partial charge in [-0.05, 0) is 23.6 Å². The summed E-state index contributed by atoms with van der Waals surface area (Å²) >= 11 is 0. The average molecular weight is 606 g/mol. The van der Waals surface area contributed by atoms with Gasteiger partial charge in [0.05, 0.1) is 0 Å². The van der Waals surface area contributed by atoms with Crippen LogP contribution in [0.4, 0.5) is 0 Å². The summed E-state index contributed by atoms with van der Waals surface area (Å²) in [6, 6.07) is 7.47. The first-order chi connectivity index (χ1) is 20.4. The summed E-state index contributed by atoms with van der Waals surface area (Å²) in [4.78, 5) is 47.9. The van der Waals surface area contributed by atoms with Crippen LogP contribution in [0.15, 0.2) is 24.3 Å². The van der Waals surface area contributed by atoms with Crippen LogP contribution in [0.5, 0.6) is 11.6 Å². The van der Waals surface area contributed by atoms with Crippen LogP contribution in [-0.4, -0.2) is 84.5 Å². The number of aromatic amines is 1. The van der Waals surface area contributed by atoms with Crippen molar-refractivity contribution in [3.8, 4) is 11.6 Å². The Morgan fingerprint density at radius 2 is 1.51 bits per heavy atom. The Morgan fingerprint density at radius 3 is 2.07 bits per heavy atom. The lowest BCUT2D eigenvalue weighted by Crippen LogP contribution is -2.63. The summed E-state index contributed by atoms with van der Waals surface area (Å²) in [6.07, 6.45) is -6.20. The molecule has 236 valence electrons. The molecule has 1 aliphatic rings. The molecule has 0 bridgehead atoms. The Morgan fingerprint density at radius 1 is 0.907 bits per heavy atom. The predicted octanol–water partition coefficient (Wildman–Crippen LogP) is 1.92. The fourth-order valence-electron chi connectivity index (χ4n) is 4.59. The number of ether oxygens (including phenoxy) is 7. The molecule has 2 aromatic rings. The maximum absolute atomic E-state index is 12.2. The highest BCUT2D eigenvalue weighted by Gasteiger charge is 2.53. The molecule has 0 aliphatic carbocycles. The van der Waals surface area contributed by atoms with E-state index in [-0.39, 0.29) is 18.4 Å². The molecule has 3 rings (SSSR count). The third-order valence-corrected chi connectivity index (χ3v) is 6.31. The van der Waals surface area contributed by atoms with Gasteiger partial charge in [-0.25, -0.2) is 0 Å². The number of H-pyrrole nitrogens is 1. The number of hydrogen-bond acceptors (Lipinski definition) is 13. The molecule has 1 saturated heterocycles. The van der Waals surface area contributed by atoms with Crippen molar-refractivity contribution in [1.29, 1.82) is 0 Å². The Hall–Kier alpha value is -4.17. The summed E-state index contributed by atoms with van der Waals surface area (Å²) in [6.45, 7) is 9.04. The normalized spacial score (nSPS) is 21.5. The van der Waals surface area contributed by atoms with E-state index in [4.69, 9.17) is 38.9 Å². The minimum absolute atomic E-state index is 0.0300. The highest BCUT2D eigenvalue weighted by Crippen LogP contribution is 2.34. The zero-order chi connectivity index (χ0) is 31.7. The second-order valence-corrected chi connectivity index (χ2v) is 10.2. The van der Waals surface area contributed by atoms with Crippen molar-refractivity contribution in [1.82, 2.24) is 10.2 Å². The number of rotatable bonds is 13. The zero-order valence-electron chi connectivity index (χ0n) is 25.1. The largest absolute Gasteiger partial charge is 0.492 e. The molecule has 14 nitrogen and oxygen atoms in total. The van der Waals surface area contributed by atoms with Crippen molar-refractivity contribution in [2.24, 2.45) is 5.73 Å². The molecular formula is C29H39N3O11. The molecule has 14 heteroatoms. The van der Waals surface area contributed by atoms with Gasteiger partial charge in [0, 0.05) is 51.9 Å². The van der Waals surface area contributed by atoms with Crippen molar-refractivity contribution in [2.75, 3.05) is 19.8 Å². The zero-order valence-corrected chi connectivity index (χ0v) is 25.1. The fraction of sp³-hybridized carbons (Fsp3) is 0.552. The maximum atomic E-state index is 12.2. The van der Waals surface area contributed by atoms with Crippen LogP contribution in [0.3, 0.4) is 0 Å². The van der Waals surface area contributed by atoms with E-state index in [9.17, 15) is 19.2 Å². The number of nitrogens with one attached hydrogen (secondary N) is 1. The Bertz CT molecular complexity index is 1260. The number of carbonyl (C=O) groups excluding carboxylic acids is 4. The highest BCUT2D eigenvalue weighted by molar-refractivity contribution is 5.68. The molecule has 1 aliphatic heterocycles. The molecule has 1 fully saturated rings. The third kappa shape index (κ3) is 9.41. The van der Waals surface area contributed by atoms with Crippen LogP contribution in [0.2, 0.25) is 0 Å². The molecule has 3 N–H and O–H groups in total. The molecule has 1 aromatic carbocycles. The van der Waals surface area contributed by atoms with E-state index in [2.05, 4.69) is 10.2 Å². The number of hydrogen-bond donors (Lipinski definition) is 2. The van der Waals surface area contributed by atoms with Crippen molar-refractivity contribution in [3.05, 3.63) is 41.1 Å². The SMILES string of the molecule is CC(=O)OC[C@H]1OC(Oc2n[nH]c(C(C)C)c2Cc2ccc(OCCN)cc2)[C@H](OC(C)=O)[C@@H](OC(C)=O)[C@@H]1OC(C)=O. The van der Waals surface area contributed by atoms with Crippen molar-refractivity contribution < 1.29 is 52.3 Å². The third-order valence-electron chi connectivity index (χ3n) is 6.31. The summed E-state index contributed by atoms with van der Waals surface area (Å²) < 4.78 is 39.4. The molecule has 1 aromatic heterocycles. The molecule has 0 spiro atoms. The second-order valence-electron chi connectivity index (χ2n) is 10.2. The van der Waals surface area contributed by atoms with E-state index in [1.165, 1.54) is 6.92 Å². The van der Waals surface area contributed by atoms with Gasteiger partial charge >= 0.3 is 23.9 Å². The molecule has 2 heterocycles. The topological polar surface area (TPSA) is 188 Å². The van der Waals surface area contributed by atoms with Crippen LogP contribution in [-0.2, 0) is 49.3 Å². The van der Waals surface area contributed by atoms with Gasteiger partial charge in [0.2, 0.25) is 18.3 Å². The van der Waals surface area contributed by atoms with Gasteiger partial charge in [0.25, 0.3) is 0 Å². The summed E-state index contributed by atoms with van der Waals surface area (Å²) in [7, 11) is 0. The lowest BCUT2D eigenvalue weighted by atomic mass is 9.97.